The minimum Gasteiger partial charge on any atom is -0.378 e. The first kappa shape index (κ1) is 16.0. The van der Waals surface area contributed by atoms with Crippen LogP contribution in [-0.2, 0) is 21.2 Å². The highest BCUT2D eigenvalue weighted by Gasteiger charge is 2.17. The summed E-state index contributed by atoms with van der Waals surface area (Å²) in [6.07, 6.45) is 4.40. The molecule has 114 valence electrons. The highest BCUT2D eigenvalue weighted by Crippen LogP contribution is 2.16. The molecule has 1 saturated heterocycles. The lowest BCUT2D eigenvalue weighted by Gasteiger charge is -2.22. The van der Waals surface area contributed by atoms with E-state index in [0.717, 1.165) is 31.4 Å². The second kappa shape index (κ2) is 7.55. The van der Waals surface area contributed by atoms with Crippen molar-refractivity contribution in [3.8, 4) is 6.07 Å². The van der Waals surface area contributed by atoms with Crippen molar-refractivity contribution < 1.29 is 13.2 Å². The Morgan fingerprint density at radius 3 is 2.67 bits per heavy atom. The molecule has 1 aromatic rings. The Morgan fingerprint density at radius 2 is 2.05 bits per heavy atom. The van der Waals surface area contributed by atoms with Gasteiger partial charge in [0.15, 0.2) is 0 Å². The number of nitriles is 1. The molecule has 1 aromatic carbocycles. The average Bonchev–Trinajstić information content (AvgIpc) is 2.49. The molecule has 1 atom stereocenters. The molecule has 0 aromatic heterocycles. The van der Waals surface area contributed by atoms with Gasteiger partial charge in [-0.3, -0.25) is 0 Å². The lowest BCUT2D eigenvalue weighted by atomic mass is 10.1. The molecule has 1 heterocycles. The third-order valence-corrected chi connectivity index (χ3v) is 5.03. The molecule has 1 N–H and O–H groups in total. The summed E-state index contributed by atoms with van der Waals surface area (Å²) in [5.74, 6) is 0. The molecule has 6 heteroatoms. The molecule has 1 aliphatic rings. The number of sulfonamides is 1. The normalized spacial score (nSPS) is 19.1. The van der Waals surface area contributed by atoms with Gasteiger partial charge in [0.05, 0.1) is 23.5 Å². The van der Waals surface area contributed by atoms with Gasteiger partial charge in [0.1, 0.15) is 0 Å². The maximum atomic E-state index is 12.1. The van der Waals surface area contributed by atoms with E-state index in [9.17, 15) is 8.42 Å². The van der Waals surface area contributed by atoms with Crippen LogP contribution in [-0.4, -0.2) is 27.7 Å². The van der Waals surface area contributed by atoms with Gasteiger partial charge in [-0.15, -0.1) is 0 Å². The van der Waals surface area contributed by atoms with Crippen LogP contribution < -0.4 is 4.72 Å². The van der Waals surface area contributed by atoms with E-state index >= 15 is 0 Å². The van der Waals surface area contributed by atoms with Gasteiger partial charge in [-0.1, -0.05) is 12.1 Å². The van der Waals surface area contributed by atoms with E-state index in [-0.39, 0.29) is 17.4 Å². The fraction of sp³-hybridized carbons (Fsp3) is 0.533. The highest BCUT2D eigenvalue weighted by molar-refractivity contribution is 7.89. The molecule has 1 unspecified atom stereocenters. The van der Waals surface area contributed by atoms with Crippen LogP contribution >= 0.6 is 0 Å². The number of nitrogens with one attached hydrogen (secondary N) is 1. The second-order valence-electron chi connectivity index (χ2n) is 5.15. The Kier molecular flexibility index (Phi) is 5.74. The minimum atomic E-state index is -3.48. The second-order valence-corrected chi connectivity index (χ2v) is 6.92. The number of hydrogen-bond acceptors (Lipinski definition) is 4. The van der Waals surface area contributed by atoms with Crippen molar-refractivity contribution in [3.63, 3.8) is 0 Å². The third-order valence-electron chi connectivity index (χ3n) is 3.55. The third kappa shape index (κ3) is 4.81. The zero-order valence-corrected chi connectivity index (χ0v) is 12.7. The summed E-state index contributed by atoms with van der Waals surface area (Å²) in [5, 5.41) is 8.60. The Bertz CT molecular complexity index is 584. The summed E-state index contributed by atoms with van der Waals surface area (Å²) >= 11 is 0. The summed E-state index contributed by atoms with van der Waals surface area (Å²) in [6.45, 7) is 1.16. The lowest BCUT2D eigenvalue weighted by molar-refractivity contribution is 0.0123. The monoisotopic (exact) mass is 308 g/mol. The van der Waals surface area contributed by atoms with E-state index in [1.54, 1.807) is 12.1 Å². The zero-order valence-electron chi connectivity index (χ0n) is 11.9. The van der Waals surface area contributed by atoms with Crippen molar-refractivity contribution in [3.05, 3.63) is 29.8 Å². The van der Waals surface area contributed by atoms with Gasteiger partial charge in [0.2, 0.25) is 10.0 Å². The van der Waals surface area contributed by atoms with Gasteiger partial charge in [0, 0.05) is 13.2 Å². The molecule has 1 fully saturated rings. The maximum Gasteiger partial charge on any atom is 0.240 e. The van der Waals surface area contributed by atoms with Crippen molar-refractivity contribution in [2.24, 2.45) is 0 Å². The number of hydrogen-bond donors (Lipinski definition) is 1. The van der Waals surface area contributed by atoms with E-state index < -0.39 is 10.0 Å². The molecule has 0 amide bonds. The first-order valence-electron chi connectivity index (χ1n) is 7.19. The van der Waals surface area contributed by atoms with Gasteiger partial charge in [0.25, 0.3) is 0 Å². The van der Waals surface area contributed by atoms with Crippen LogP contribution in [0.5, 0.6) is 0 Å². The number of benzene rings is 1. The molecule has 5 nitrogen and oxygen atoms in total. The number of rotatable bonds is 6. The molecular weight excluding hydrogens is 288 g/mol. The van der Waals surface area contributed by atoms with Crippen molar-refractivity contribution in [2.75, 3.05) is 13.2 Å². The Morgan fingerprint density at radius 1 is 1.29 bits per heavy atom. The lowest BCUT2D eigenvalue weighted by Crippen LogP contribution is -2.29. The smallest absolute Gasteiger partial charge is 0.240 e. The highest BCUT2D eigenvalue weighted by atomic mass is 32.2. The van der Waals surface area contributed by atoms with Crippen molar-refractivity contribution >= 4 is 10.0 Å². The van der Waals surface area contributed by atoms with Crippen LogP contribution in [0.2, 0.25) is 0 Å². The quantitative estimate of drug-likeness (QED) is 0.871. The van der Waals surface area contributed by atoms with Gasteiger partial charge in [-0.2, -0.15) is 5.26 Å². The number of ether oxygens (including phenoxy) is 1. The van der Waals surface area contributed by atoms with E-state index in [1.807, 2.05) is 6.07 Å². The zero-order chi connectivity index (χ0) is 15.1. The van der Waals surface area contributed by atoms with Crippen molar-refractivity contribution in [2.45, 2.75) is 43.1 Å². The molecule has 0 radical (unpaired) electrons. The summed E-state index contributed by atoms with van der Waals surface area (Å²) in [4.78, 5) is 0.230. The largest absolute Gasteiger partial charge is 0.378 e. The Labute approximate surface area is 126 Å². The van der Waals surface area contributed by atoms with Crippen LogP contribution in [0.25, 0.3) is 0 Å². The van der Waals surface area contributed by atoms with E-state index in [1.165, 1.54) is 12.1 Å². The van der Waals surface area contributed by atoms with Gasteiger partial charge in [-0.05, 0) is 43.4 Å². The molecule has 0 spiro atoms. The minimum absolute atomic E-state index is 0.166. The fourth-order valence-electron chi connectivity index (χ4n) is 2.35. The van der Waals surface area contributed by atoms with Gasteiger partial charge >= 0.3 is 0 Å². The predicted molar refractivity (Wildman–Crippen MR) is 79.2 cm³/mol. The SMILES string of the molecule is N#CCc1ccc(S(=O)(=O)NCCC2CCCCO2)cc1. The predicted octanol–water partition coefficient (Wildman–Crippen LogP) is 1.99. The molecule has 0 aliphatic carbocycles. The van der Waals surface area contributed by atoms with Crippen LogP contribution in [0.1, 0.15) is 31.2 Å². The maximum absolute atomic E-state index is 12.1. The van der Waals surface area contributed by atoms with E-state index in [0.29, 0.717) is 13.0 Å². The van der Waals surface area contributed by atoms with Gasteiger partial charge in [-0.25, -0.2) is 13.1 Å². The van der Waals surface area contributed by atoms with E-state index in [2.05, 4.69) is 4.72 Å². The van der Waals surface area contributed by atoms with Crippen LogP contribution in [0.15, 0.2) is 29.2 Å². The first-order chi connectivity index (χ1) is 10.1. The van der Waals surface area contributed by atoms with E-state index in [4.69, 9.17) is 10.00 Å². The Balaban J connectivity index is 1.87. The molecular formula is C15H20N2O3S. The summed E-state index contributed by atoms with van der Waals surface area (Å²) < 4.78 is 32.4. The first-order valence-corrected chi connectivity index (χ1v) is 8.67. The number of nitrogens with zero attached hydrogens (tertiary/aromatic N) is 1. The topological polar surface area (TPSA) is 79.2 Å². The van der Waals surface area contributed by atoms with Crippen LogP contribution in [0.3, 0.4) is 0 Å². The molecule has 21 heavy (non-hydrogen) atoms. The molecule has 0 bridgehead atoms. The molecule has 0 saturated carbocycles. The summed E-state index contributed by atoms with van der Waals surface area (Å²) in [7, 11) is -3.48. The molecule has 2 rings (SSSR count). The van der Waals surface area contributed by atoms with Gasteiger partial charge < -0.3 is 4.74 Å². The average molecular weight is 308 g/mol. The fourth-order valence-corrected chi connectivity index (χ4v) is 3.40. The molecule has 1 aliphatic heterocycles. The standard InChI is InChI=1S/C15H20N2O3S/c16-10-8-13-4-6-15(7-5-13)21(18,19)17-11-9-14-3-1-2-12-20-14/h4-7,14,17H,1-3,8-9,11-12H2. The van der Waals surface area contributed by atoms with Crippen molar-refractivity contribution in [1.82, 2.24) is 4.72 Å². The summed E-state index contributed by atoms with van der Waals surface area (Å²) in [5.41, 5.74) is 0.812. The summed E-state index contributed by atoms with van der Waals surface area (Å²) in [6, 6.07) is 8.44. The van der Waals surface area contributed by atoms with Crippen LogP contribution in [0.4, 0.5) is 0 Å². The van der Waals surface area contributed by atoms with Crippen LogP contribution in [0, 0.1) is 11.3 Å². The Hall–Kier alpha value is -1.42. The van der Waals surface area contributed by atoms with Crippen molar-refractivity contribution in [1.29, 1.82) is 5.26 Å².